The average Bonchev–Trinajstić information content (AvgIpc) is 3.18. The quantitative estimate of drug-likeness (QED) is 0.184. The van der Waals surface area contributed by atoms with Gasteiger partial charge in [-0.1, -0.05) is 0 Å². The first kappa shape index (κ1) is 18.5. The first-order valence-corrected chi connectivity index (χ1v) is 9.06. The molecule has 29 heavy (non-hydrogen) atoms. The van der Waals surface area contributed by atoms with Crippen LogP contribution in [0.25, 0.3) is 21.9 Å². The number of nitro groups is 1. The van der Waals surface area contributed by atoms with Crippen LogP contribution in [0.4, 0.5) is 5.69 Å². The number of benzene rings is 2. The number of hydrogen-bond acceptors (Lipinski definition) is 7. The number of furan rings is 1. The van der Waals surface area contributed by atoms with Crippen molar-refractivity contribution in [1.29, 1.82) is 0 Å². The van der Waals surface area contributed by atoms with E-state index in [0.717, 1.165) is 18.2 Å². The third-order valence-electron chi connectivity index (χ3n) is 4.41. The number of non-ortho nitro benzene ring substituents is 1. The number of fused-ring (bicyclic) bond motifs is 2. The fraction of sp³-hybridized carbons (Fsp3) is 0.190. The van der Waals surface area contributed by atoms with E-state index < -0.39 is 10.5 Å². The van der Waals surface area contributed by atoms with Crippen molar-refractivity contribution >= 4 is 27.6 Å². The lowest BCUT2D eigenvalue weighted by molar-refractivity contribution is -0.384. The Bertz CT molecular complexity index is 1210. The summed E-state index contributed by atoms with van der Waals surface area (Å²) in [6.45, 7) is 0.912. The number of nitro benzene ring substituents is 1. The van der Waals surface area contributed by atoms with Gasteiger partial charge in [-0.25, -0.2) is 4.79 Å². The molecule has 0 fully saturated rings. The first-order chi connectivity index (χ1) is 14.1. The normalized spacial score (nSPS) is 11.0. The highest BCUT2D eigenvalue weighted by atomic mass is 16.6. The van der Waals surface area contributed by atoms with E-state index in [1.54, 1.807) is 30.5 Å². The molecule has 0 saturated heterocycles. The van der Waals surface area contributed by atoms with E-state index in [-0.39, 0.29) is 5.69 Å². The zero-order valence-corrected chi connectivity index (χ0v) is 15.3. The Morgan fingerprint density at radius 1 is 0.897 bits per heavy atom. The van der Waals surface area contributed by atoms with E-state index in [4.69, 9.17) is 18.3 Å². The SMILES string of the molecule is O=c1ccc2c(OCCCCOc3ccc([N+](=O)[O-])cc3)c3ccoc3cc2o1. The maximum Gasteiger partial charge on any atom is 0.336 e. The standard InChI is InChI=1S/C21H17NO7/c23-20-8-7-16-19(29-20)13-18-17(9-12-27-18)21(16)28-11-2-1-10-26-15-5-3-14(4-6-15)22(24)25/h3-9,12-13H,1-2,10-11H2. The van der Waals surface area contributed by atoms with E-state index >= 15 is 0 Å². The second-order valence-corrected chi connectivity index (χ2v) is 6.36. The molecule has 0 aliphatic rings. The van der Waals surface area contributed by atoms with Gasteiger partial charge >= 0.3 is 5.63 Å². The van der Waals surface area contributed by atoms with E-state index in [9.17, 15) is 14.9 Å². The fourth-order valence-electron chi connectivity index (χ4n) is 3.00. The van der Waals surface area contributed by atoms with Crippen molar-refractivity contribution in [3.05, 3.63) is 75.3 Å². The van der Waals surface area contributed by atoms with Crippen molar-refractivity contribution in [3.63, 3.8) is 0 Å². The summed E-state index contributed by atoms with van der Waals surface area (Å²) in [6, 6.07) is 12.5. The van der Waals surface area contributed by atoms with Gasteiger partial charge in [-0.2, -0.15) is 0 Å². The van der Waals surface area contributed by atoms with Gasteiger partial charge < -0.3 is 18.3 Å². The maximum absolute atomic E-state index is 11.5. The van der Waals surface area contributed by atoms with E-state index in [2.05, 4.69) is 0 Å². The number of rotatable bonds is 8. The number of hydrogen-bond donors (Lipinski definition) is 0. The molecule has 0 amide bonds. The van der Waals surface area contributed by atoms with E-state index in [1.807, 2.05) is 6.07 Å². The van der Waals surface area contributed by atoms with Gasteiger partial charge in [-0.05, 0) is 37.1 Å². The molecule has 0 saturated carbocycles. The first-order valence-electron chi connectivity index (χ1n) is 9.06. The summed E-state index contributed by atoms with van der Waals surface area (Å²) in [5.74, 6) is 1.20. The number of unbranched alkanes of at least 4 members (excludes halogenated alkanes) is 1. The highest BCUT2D eigenvalue weighted by molar-refractivity contribution is 6.01. The van der Waals surface area contributed by atoms with Gasteiger partial charge in [0.2, 0.25) is 0 Å². The Hall–Kier alpha value is -3.81. The summed E-state index contributed by atoms with van der Waals surface area (Å²) >= 11 is 0. The second-order valence-electron chi connectivity index (χ2n) is 6.36. The Balaban J connectivity index is 1.34. The summed E-state index contributed by atoms with van der Waals surface area (Å²) in [4.78, 5) is 21.7. The lowest BCUT2D eigenvalue weighted by atomic mass is 10.1. The van der Waals surface area contributed by atoms with Gasteiger partial charge in [0, 0.05) is 24.3 Å². The zero-order chi connectivity index (χ0) is 20.2. The molecule has 8 nitrogen and oxygen atoms in total. The highest BCUT2D eigenvalue weighted by Gasteiger charge is 2.13. The molecule has 0 spiro atoms. The van der Waals surface area contributed by atoms with Crippen molar-refractivity contribution < 1.29 is 23.2 Å². The fourth-order valence-corrected chi connectivity index (χ4v) is 3.00. The Labute approximate surface area is 164 Å². The Morgan fingerprint density at radius 2 is 1.62 bits per heavy atom. The van der Waals surface area contributed by atoms with Crippen molar-refractivity contribution in [2.45, 2.75) is 12.8 Å². The highest BCUT2D eigenvalue weighted by Crippen LogP contribution is 2.35. The topological polar surface area (TPSA) is 105 Å². The largest absolute Gasteiger partial charge is 0.494 e. The van der Waals surface area contributed by atoms with Crippen LogP contribution in [0.3, 0.4) is 0 Å². The monoisotopic (exact) mass is 395 g/mol. The van der Waals surface area contributed by atoms with Gasteiger partial charge in [0.15, 0.2) is 0 Å². The molecule has 0 radical (unpaired) electrons. The van der Waals surface area contributed by atoms with Gasteiger partial charge in [0.1, 0.15) is 22.7 Å². The van der Waals surface area contributed by atoms with Crippen molar-refractivity contribution in [2.75, 3.05) is 13.2 Å². The Kier molecular flexibility index (Phi) is 5.15. The predicted molar refractivity (Wildman–Crippen MR) is 106 cm³/mol. The third kappa shape index (κ3) is 4.06. The minimum Gasteiger partial charge on any atom is -0.494 e. The molecule has 0 unspecified atom stereocenters. The smallest absolute Gasteiger partial charge is 0.336 e. The van der Waals surface area contributed by atoms with Gasteiger partial charge in [0.05, 0.1) is 35.2 Å². The predicted octanol–water partition coefficient (Wildman–Crippen LogP) is 4.69. The number of nitrogens with zero attached hydrogens (tertiary/aromatic N) is 1. The third-order valence-corrected chi connectivity index (χ3v) is 4.41. The zero-order valence-electron chi connectivity index (χ0n) is 15.3. The van der Waals surface area contributed by atoms with Gasteiger partial charge in [-0.15, -0.1) is 0 Å². The molecule has 148 valence electrons. The molecule has 0 N–H and O–H groups in total. The van der Waals surface area contributed by atoms with Crippen LogP contribution in [0.15, 0.2) is 68.4 Å². The molecule has 4 aromatic rings. The summed E-state index contributed by atoms with van der Waals surface area (Å²) in [5, 5.41) is 12.2. The van der Waals surface area contributed by atoms with Gasteiger partial charge in [-0.3, -0.25) is 10.1 Å². The lowest BCUT2D eigenvalue weighted by Crippen LogP contribution is -2.03. The van der Waals surface area contributed by atoms with E-state index in [1.165, 1.54) is 18.2 Å². The second kappa shape index (κ2) is 8.05. The average molecular weight is 395 g/mol. The van der Waals surface area contributed by atoms with Crippen LogP contribution in [0, 0.1) is 10.1 Å². The molecule has 0 atom stereocenters. The molecule has 0 aliphatic carbocycles. The lowest BCUT2D eigenvalue weighted by Gasteiger charge is -2.10. The summed E-state index contributed by atoms with van der Waals surface area (Å²) in [6.07, 6.45) is 3.04. The summed E-state index contributed by atoms with van der Waals surface area (Å²) < 4.78 is 22.2. The molecule has 0 bridgehead atoms. The molecule has 2 aromatic carbocycles. The van der Waals surface area contributed by atoms with Crippen LogP contribution in [0.5, 0.6) is 11.5 Å². The molecule has 4 rings (SSSR count). The van der Waals surface area contributed by atoms with Crippen molar-refractivity contribution in [1.82, 2.24) is 0 Å². The van der Waals surface area contributed by atoms with E-state index in [0.29, 0.717) is 41.3 Å². The summed E-state index contributed by atoms with van der Waals surface area (Å²) in [7, 11) is 0. The van der Waals surface area contributed by atoms with Crippen LogP contribution in [0.1, 0.15) is 12.8 Å². The maximum atomic E-state index is 11.5. The Morgan fingerprint density at radius 3 is 2.38 bits per heavy atom. The van der Waals surface area contributed by atoms with Crippen molar-refractivity contribution in [2.24, 2.45) is 0 Å². The molecule has 2 heterocycles. The van der Waals surface area contributed by atoms with Crippen LogP contribution < -0.4 is 15.1 Å². The molecule has 2 aromatic heterocycles. The minimum absolute atomic E-state index is 0.0298. The molecule has 0 aliphatic heterocycles. The molecule has 8 heteroatoms. The minimum atomic E-state index is -0.448. The van der Waals surface area contributed by atoms with Crippen LogP contribution >= 0.6 is 0 Å². The van der Waals surface area contributed by atoms with Crippen LogP contribution in [-0.4, -0.2) is 18.1 Å². The number of ether oxygens (including phenoxy) is 2. The molecular weight excluding hydrogens is 378 g/mol. The molecular formula is C21H17NO7. The summed E-state index contributed by atoms with van der Waals surface area (Å²) in [5.41, 5.74) is 0.597. The van der Waals surface area contributed by atoms with Crippen LogP contribution in [-0.2, 0) is 0 Å². The van der Waals surface area contributed by atoms with Gasteiger partial charge in [0.25, 0.3) is 5.69 Å². The van der Waals surface area contributed by atoms with Crippen LogP contribution in [0.2, 0.25) is 0 Å². The van der Waals surface area contributed by atoms with Crippen molar-refractivity contribution in [3.8, 4) is 11.5 Å².